The van der Waals surface area contributed by atoms with Crippen LogP contribution in [0.15, 0.2) is 35.4 Å². The molecular weight excluding hydrogens is 451 g/mol. The number of hydrogen-bond acceptors (Lipinski definition) is 5. The molecule has 3 heterocycles. The summed E-state index contributed by atoms with van der Waals surface area (Å²) in [6, 6.07) is 5.05. The molecule has 6 nitrogen and oxygen atoms in total. The van der Waals surface area contributed by atoms with E-state index in [0.29, 0.717) is 33.9 Å². The van der Waals surface area contributed by atoms with Crippen LogP contribution in [0.3, 0.4) is 0 Å². The zero-order valence-corrected chi connectivity index (χ0v) is 19.3. The number of rotatable bonds is 5. The lowest BCUT2D eigenvalue weighted by molar-refractivity contribution is 0.146. The van der Waals surface area contributed by atoms with Gasteiger partial charge in [-0.3, -0.25) is 14.1 Å². The predicted molar refractivity (Wildman–Crippen MR) is 127 cm³/mol. The largest absolute Gasteiger partial charge is 0.363 e. The summed E-state index contributed by atoms with van der Waals surface area (Å²) in [5.74, 6) is 4.84. The quantitative estimate of drug-likeness (QED) is 0.517. The summed E-state index contributed by atoms with van der Waals surface area (Å²) in [6.07, 6.45) is -0.153. The molecule has 1 aliphatic heterocycles. The zero-order chi connectivity index (χ0) is 23.9. The first-order valence-corrected chi connectivity index (χ1v) is 12.8. The third-order valence-corrected chi connectivity index (χ3v) is 8.33. The fourth-order valence-electron chi connectivity index (χ4n) is 4.35. The molecule has 0 spiro atoms. The molecule has 0 unspecified atom stereocenters. The molecule has 1 saturated heterocycles. The van der Waals surface area contributed by atoms with E-state index in [9.17, 15) is 18.0 Å². The summed E-state index contributed by atoms with van der Waals surface area (Å²) < 4.78 is 50.6. The van der Waals surface area contributed by atoms with Crippen LogP contribution in [-0.2, 0) is 16.5 Å². The van der Waals surface area contributed by atoms with Crippen molar-refractivity contribution in [2.75, 3.05) is 16.8 Å². The molecular formula is C23H26F3N5OS. The molecule has 4 rings (SSSR count). The summed E-state index contributed by atoms with van der Waals surface area (Å²) in [6.45, 7) is 1.66. The highest BCUT2D eigenvalue weighted by Gasteiger charge is 2.25. The Morgan fingerprint density at radius 3 is 2.58 bits per heavy atom. The summed E-state index contributed by atoms with van der Waals surface area (Å²) in [5.41, 5.74) is 0.369. The fourth-order valence-corrected chi connectivity index (χ4v) is 6.02. The third kappa shape index (κ3) is 4.48. The van der Waals surface area contributed by atoms with Crippen molar-refractivity contribution in [1.82, 2.24) is 14.5 Å². The first kappa shape index (κ1) is 23.3. The Morgan fingerprint density at radius 1 is 1.24 bits per heavy atom. The summed E-state index contributed by atoms with van der Waals surface area (Å²) in [5, 5.41) is 3.70. The van der Waals surface area contributed by atoms with Crippen LogP contribution in [0.2, 0.25) is 0 Å². The lowest BCUT2D eigenvalue weighted by Crippen LogP contribution is -2.29. The number of halogens is 3. The summed E-state index contributed by atoms with van der Waals surface area (Å²) in [7, 11) is 0.0508. The number of pyridine rings is 1. The molecule has 1 atom stereocenters. The molecule has 1 aliphatic rings. The lowest BCUT2D eigenvalue weighted by atomic mass is 9.94. The molecule has 0 saturated carbocycles. The minimum atomic E-state index is -2.91. The molecule has 33 heavy (non-hydrogen) atoms. The van der Waals surface area contributed by atoms with Gasteiger partial charge in [-0.15, -0.1) is 9.41 Å². The lowest BCUT2D eigenvalue weighted by Gasteiger charge is -2.27. The van der Waals surface area contributed by atoms with E-state index in [0.717, 1.165) is 18.9 Å². The number of benzene rings is 1. The molecule has 0 bridgehead atoms. The Morgan fingerprint density at radius 2 is 1.91 bits per heavy atom. The van der Waals surface area contributed by atoms with Gasteiger partial charge >= 0.3 is 0 Å². The third-order valence-electron chi connectivity index (χ3n) is 6.30. The smallest absolute Gasteiger partial charge is 0.266 e. The van der Waals surface area contributed by atoms with Crippen LogP contribution < -0.4 is 10.9 Å². The van der Waals surface area contributed by atoms with Crippen LogP contribution >= 0.6 is 0 Å². The minimum Gasteiger partial charge on any atom is -0.363 e. The van der Waals surface area contributed by atoms with Crippen molar-refractivity contribution in [3.8, 4) is 0 Å². The van der Waals surface area contributed by atoms with Gasteiger partial charge in [0.15, 0.2) is 0 Å². The van der Waals surface area contributed by atoms with Gasteiger partial charge in [0.2, 0.25) is 0 Å². The predicted octanol–water partition coefficient (Wildman–Crippen LogP) is 4.80. The SMILES string of the molecule is C=S1(=N)CCC(c2cc3c(N[C@H](C)c4cccc(C(F)F)c4F)ncnc3n(C)c2=O)CC1. The van der Waals surface area contributed by atoms with Gasteiger partial charge in [-0.2, -0.15) is 0 Å². The number of aryl methyl sites for hydroxylation is 1. The van der Waals surface area contributed by atoms with Gasteiger partial charge < -0.3 is 5.32 Å². The topological polar surface area (TPSA) is 83.7 Å². The zero-order valence-electron chi connectivity index (χ0n) is 18.4. The Balaban J connectivity index is 1.74. The maximum Gasteiger partial charge on any atom is 0.266 e. The highest BCUT2D eigenvalue weighted by Crippen LogP contribution is 2.32. The molecule has 0 radical (unpaired) electrons. The second kappa shape index (κ2) is 8.81. The molecule has 1 aromatic carbocycles. The highest BCUT2D eigenvalue weighted by atomic mass is 32.2. The summed E-state index contributed by atoms with van der Waals surface area (Å²) >= 11 is 0. The second-order valence-electron chi connectivity index (χ2n) is 8.57. The number of nitrogens with zero attached hydrogens (tertiary/aromatic N) is 3. The maximum absolute atomic E-state index is 14.7. The van der Waals surface area contributed by atoms with Gasteiger partial charge in [-0.1, -0.05) is 24.1 Å². The normalized spacial score (nSPS) is 21.9. The highest BCUT2D eigenvalue weighted by molar-refractivity contribution is 8.01. The van der Waals surface area contributed by atoms with E-state index in [1.165, 1.54) is 23.0 Å². The number of alkyl halides is 2. The van der Waals surface area contributed by atoms with Gasteiger partial charge in [-0.05, 0) is 43.3 Å². The Bertz CT molecular complexity index is 1360. The molecule has 0 amide bonds. The van der Waals surface area contributed by atoms with Crippen molar-refractivity contribution in [3.05, 3.63) is 63.5 Å². The van der Waals surface area contributed by atoms with Crippen LogP contribution in [-0.4, -0.2) is 31.9 Å². The first-order valence-electron chi connectivity index (χ1n) is 10.6. The molecule has 176 valence electrons. The Labute approximate surface area is 190 Å². The number of fused-ring (bicyclic) bond motifs is 1. The molecule has 3 aromatic rings. The van der Waals surface area contributed by atoms with E-state index < -0.39 is 33.3 Å². The standard InChI is InChI=1S/C23H26F3N5OS/c1-13(15-5-4-6-16(19(15)24)20(25)26)30-21-18-11-17(14-7-9-33(3,27)10-8-14)23(32)31(2)22(18)29-12-28-21/h4-6,11-14,20,27H,3,7-10H2,1-2H3,(H,28,29,30)/t13-,14?,33?/m1/s1. The van der Waals surface area contributed by atoms with Crippen molar-refractivity contribution >= 4 is 32.1 Å². The fraction of sp³-hybridized carbons (Fsp3) is 0.391. The summed E-state index contributed by atoms with van der Waals surface area (Å²) in [4.78, 5) is 21.6. The van der Waals surface area contributed by atoms with Gasteiger partial charge in [0, 0.05) is 18.2 Å². The van der Waals surface area contributed by atoms with E-state index in [1.807, 2.05) is 0 Å². The van der Waals surface area contributed by atoms with Crippen molar-refractivity contribution in [2.45, 2.75) is 38.2 Å². The number of nitrogens with one attached hydrogen (secondary N) is 2. The van der Waals surface area contributed by atoms with Crippen LogP contribution in [0.1, 0.15) is 54.8 Å². The van der Waals surface area contributed by atoms with Gasteiger partial charge in [0.25, 0.3) is 12.0 Å². The Hall–Kier alpha value is -2.88. The van der Waals surface area contributed by atoms with Gasteiger partial charge in [0.1, 0.15) is 23.6 Å². The minimum absolute atomic E-state index is 0.0199. The van der Waals surface area contributed by atoms with E-state index in [-0.39, 0.29) is 17.0 Å². The number of anilines is 1. The van der Waals surface area contributed by atoms with E-state index in [2.05, 4.69) is 21.2 Å². The molecule has 0 aliphatic carbocycles. The van der Waals surface area contributed by atoms with E-state index in [1.54, 1.807) is 20.0 Å². The second-order valence-corrected chi connectivity index (χ2v) is 11.5. The Kier molecular flexibility index (Phi) is 6.22. The van der Waals surface area contributed by atoms with E-state index >= 15 is 0 Å². The van der Waals surface area contributed by atoms with Crippen molar-refractivity contribution < 1.29 is 13.2 Å². The average molecular weight is 478 g/mol. The van der Waals surface area contributed by atoms with Crippen molar-refractivity contribution in [2.24, 2.45) is 7.05 Å². The van der Waals surface area contributed by atoms with Crippen molar-refractivity contribution in [1.29, 1.82) is 4.78 Å². The van der Waals surface area contributed by atoms with Crippen LogP contribution in [0, 0.1) is 10.6 Å². The monoisotopic (exact) mass is 477 g/mol. The molecule has 10 heteroatoms. The van der Waals surface area contributed by atoms with Gasteiger partial charge in [-0.25, -0.2) is 23.1 Å². The van der Waals surface area contributed by atoms with Crippen LogP contribution in [0.25, 0.3) is 11.0 Å². The molecule has 2 N–H and O–H groups in total. The average Bonchev–Trinajstić information content (AvgIpc) is 2.76. The van der Waals surface area contributed by atoms with Crippen LogP contribution in [0.4, 0.5) is 19.0 Å². The first-order chi connectivity index (χ1) is 15.6. The number of hydrogen-bond donors (Lipinski definition) is 2. The molecule has 1 fully saturated rings. The maximum atomic E-state index is 14.7. The van der Waals surface area contributed by atoms with Crippen molar-refractivity contribution in [3.63, 3.8) is 0 Å². The number of aromatic nitrogens is 3. The van der Waals surface area contributed by atoms with Crippen LogP contribution in [0.5, 0.6) is 0 Å². The molecule has 2 aromatic heterocycles. The van der Waals surface area contributed by atoms with E-state index in [4.69, 9.17) is 4.78 Å². The van der Waals surface area contributed by atoms with Gasteiger partial charge in [0.05, 0.1) is 17.0 Å².